The summed E-state index contributed by atoms with van der Waals surface area (Å²) >= 11 is 0. The Labute approximate surface area is 175 Å². The molecule has 0 saturated carbocycles. The predicted molar refractivity (Wildman–Crippen MR) is 114 cm³/mol. The van der Waals surface area contributed by atoms with E-state index >= 15 is 0 Å². The molecule has 0 N–H and O–H groups in total. The van der Waals surface area contributed by atoms with Gasteiger partial charge in [0.15, 0.2) is 0 Å². The molecule has 0 aromatic heterocycles. The van der Waals surface area contributed by atoms with Crippen molar-refractivity contribution in [2.75, 3.05) is 38.5 Å². The number of hydrogen-bond donors (Lipinski definition) is 0. The molecule has 0 aliphatic carbocycles. The Balaban J connectivity index is 1.60. The van der Waals surface area contributed by atoms with Crippen molar-refractivity contribution in [3.05, 3.63) is 30.3 Å². The molecule has 2 fully saturated rings. The zero-order chi connectivity index (χ0) is 20.9. The summed E-state index contributed by atoms with van der Waals surface area (Å²) in [5.74, 6) is 2.29. The molecule has 6 nitrogen and oxygen atoms in total. The normalized spacial score (nSPS) is 24.0. The average molecular weight is 423 g/mol. The Bertz CT molecular complexity index is 760. The molecule has 2 atom stereocenters. The van der Waals surface area contributed by atoms with Crippen molar-refractivity contribution in [2.24, 2.45) is 17.8 Å². The van der Waals surface area contributed by atoms with Crippen molar-refractivity contribution in [3.8, 4) is 5.75 Å². The van der Waals surface area contributed by atoms with Crippen LogP contribution < -0.4 is 4.74 Å². The molecule has 0 bridgehead atoms. The number of para-hydroxylation sites is 1. The van der Waals surface area contributed by atoms with Gasteiger partial charge in [-0.25, -0.2) is 12.7 Å². The zero-order valence-electron chi connectivity index (χ0n) is 17.6. The minimum atomic E-state index is -3.13. The van der Waals surface area contributed by atoms with E-state index in [1.54, 1.807) is 11.2 Å². The highest BCUT2D eigenvalue weighted by atomic mass is 32.2. The number of amides is 1. The number of sulfonamides is 1. The van der Waals surface area contributed by atoms with Gasteiger partial charge in [0.05, 0.1) is 12.4 Å². The maximum absolute atomic E-state index is 12.5. The quantitative estimate of drug-likeness (QED) is 0.646. The fourth-order valence-corrected chi connectivity index (χ4v) is 6.30. The first-order valence-corrected chi connectivity index (χ1v) is 12.4. The van der Waals surface area contributed by atoms with Crippen LogP contribution in [-0.2, 0) is 14.8 Å². The first-order valence-electron chi connectivity index (χ1n) is 10.8. The number of benzene rings is 1. The average Bonchev–Trinajstić information content (AvgIpc) is 3.16. The zero-order valence-corrected chi connectivity index (χ0v) is 18.4. The lowest BCUT2D eigenvalue weighted by Gasteiger charge is -2.35. The second kappa shape index (κ2) is 9.94. The summed E-state index contributed by atoms with van der Waals surface area (Å²) in [7, 11) is -3.13. The van der Waals surface area contributed by atoms with Gasteiger partial charge in [-0.3, -0.25) is 4.79 Å². The molecule has 0 spiro atoms. The van der Waals surface area contributed by atoms with Crippen LogP contribution in [-0.4, -0.2) is 62.1 Å². The molecule has 2 saturated heterocycles. The summed E-state index contributed by atoms with van der Waals surface area (Å²) in [5.41, 5.74) is 0. The van der Waals surface area contributed by atoms with Crippen molar-refractivity contribution in [1.82, 2.24) is 9.21 Å². The Morgan fingerprint density at radius 1 is 1.14 bits per heavy atom. The minimum Gasteiger partial charge on any atom is -0.493 e. The Hall–Kier alpha value is -1.60. The van der Waals surface area contributed by atoms with Gasteiger partial charge in [-0.1, -0.05) is 31.5 Å². The maximum Gasteiger partial charge on any atom is 0.219 e. The number of hydrogen-bond acceptors (Lipinski definition) is 4. The summed E-state index contributed by atoms with van der Waals surface area (Å²) in [5, 5.41) is 0. The number of likely N-dealkylation sites (tertiary alicyclic amines) is 1. The van der Waals surface area contributed by atoms with Crippen LogP contribution in [0.5, 0.6) is 5.75 Å². The van der Waals surface area contributed by atoms with Crippen LogP contribution in [0.15, 0.2) is 30.3 Å². The van der Waals surface area contributed by atoms with Crippen LogP contribution >= 0.6 is 0 Å². The summed E-state index contributed by atoms with van der Waals surface area (Å²) in [6.45, 7) is 6.90. The van der Waals surface area contributed by atoms with Gasteiger partial charge in [-0.2, -0.15) is 0 Å². The van der Waals surface area contributed by atoms with E-state index in [4.69, 9.17) is 4.74 Å². The number of nitrogens with zero attached hydrogens (tertiary/aromatic N) is 2. The van der Waals surface area contributed by atoms with E-state index in [0.717, 1.165) is 44.5 Å². The summed E-state index contributed by atoms with van der Waals surface area (Å²) in [6, 6.07) is 9.78. The number of rotatable bonds is 8. The number of ether oxygens (including phenoxy) is 1. The molecule has 2 aliphatic rings. The molecule has 1 aromatic rings. The number of unbranched alkanes of at least 4 members (excludes halogenated alkanes) is 1. The summed E-state index contributed by atoms with van der Waals surface area (Å²) in [6.07, 6.45) is 3.34. The molecule has 7 heteroatoms. The van der Waals surface area contributed by atoms with Crippen LogP contribution in [0.1, 0.15) is 39.5 Å². The lowest BCUT2D eigenvalue weighted by atomic mass is 9.79. The highest BCUT2D eigenvalue weighted by Crippen LogP contribution is 2.36. The third kappa shape index (κ3) is 5.72. The van der Waals surface area contributed by atoms with Crippen molar-refractivity contribution in [1.29, 1.82) is 0 Å². The van der Waals surface area contributed by atoms with E-state index in [1.807, 2.05) is 42.2 Å². The van der Waals surface area contributed by atoms with Gasteiger partial charge in [0.25, 0.3) is 0 Å². The van der Waals surface area contributed by atoms with Gasteiger partial charge in [0.2, 0.25) is 15.9 Å². The monoisotopic (exact) mass is 422 g/mol. The standard InChI is InChI=1S/C22H34N2O4S/c1-3-4-14-29(26,27)24-12-10-19(11-13-24)22-16-23(18(2)25)15-20(22)17-28-21-8-6-5-7-9-21/h5-9,19-20,22H,3-4,10-17H2,1-2H3/t20-,22-/m0/s1. The van der Waals surface area contributed by atoms with E-state index in [0.29, 0.717) is 31.5 Å². The first-order chi connectivity index (χ1) is 13.9. The molecule has 0 radical (unpaired) electrons. The maximum atomic E-state index is 12.5. The first kappa shape index (κ1) is 22.1. The molecular weight excluding hydrogens is 388 g/mol. The predicted octanol–water partition coefficient (Wildman–Crippen LogP) is 3.00. The minimum absolute atomic E-state index is 0.108. The van der Waals surface area contributed by atoms with Gasteiger partial charge < -0.3 is 9.64 Å². The number of carbonyl (C=O) groups excluding carboxylic acids is 1. The van der Waals surface area contributed by atoms with Crippen LogP contribution in [0.2, 0.25) is 0 Å². The van der Waals surface area contributed by atoms with Crippen LogP contribution in [0.4, 0.5) is 0 Å². The lowest BCUT2D eigenvalue weighted by molar-refractivity contribution is -0.128. The lowest BCUT2D eigenvalue weighted by Crippen LogP contribution is -2.42. The molecule has 1 aromatic carbocycles. The van der Waals surface area contributed by atoms with Gasteiger partial charge in [-0.15, -0.1) is 0 Å². The molecule has 1 amide bonds. The summed E-state index contributed by atoms with van der Waals surface area (Å²) in [4.78, 5) is 13.9. The Morgan fingerprint density at radius 3 is 2.45 bits per heavy atom. The van der Waals surface area contributed by atoms with Crippen molar-refractivity contribution < 1.29 is 17.9 Å². The molecule has 162 valence electrons. The smallest absolute Gasteiger partial charge is 0.219 e. The van der Waals surface area contributed by atoms with Gasteiger partial charge in [-0.05, 0) is 43.2 Å². The molecule has 3 rings (SSSR count). The second-order valence-electron chi connectivity index (χ2n) is 8.38. The van der Waals surface area contributed by atoms with Gasteiger partial charge in [0, 0.05) is 39.0 Å². The molecule has 2 aliphatic heterocycles. The largest absolute Gasteiger partial charge is 0.493 e. The third-order valence-corrected chi connectivity index (χ3v) is 8.35. The Morgan fingerprint density at radius 2 is 1.83 bits per heavy atom. The van der Waals surface area contributed by atoms with Gasteiger partial charge in [0.1, 0.15) is 5.75 Å². The summed E-state index contributed by atoms with van der Waals surface area (Å²) < 4.78 is 32.7. The SMILES string of the molecule is CCCCS(=O)(=O)N1CCC([C@@H]2CN(C(C)=O)C[C@H]2COc2ccccc2)CC1. The van der Waals surface area contributed by atoms with Crippen molar-refractivity contribution in [3.63, 3.8) is 0 Å². The molecular formula is C22H34N2O4S. The number of piperidine rings is 1. The van der Waals surface area contributed by atoms with E-state index in [2.05, 4.69) is 0 Å². The van der Waals surface area contributed by atoms with Crippen LogP contribution in [0, 0.1) is 17.8 Å². The molecule has 2 heterocycles. The second-order valence-corrected chi connectivity index (χ2v) is 10.5. The fourth-order valence-electron chi connectivity index (χ4n) is 4.62. The van der Waals surface area contributed by atoms with Crippen LogP contribution in [0.25, 0.3) is 0 Å². The Kier molecular flexibility index (Phi) is 7.57. The van der Waals surface area contributed by atoms with Gasteiger partial charge >= 0.3 is 0 Å². The van der Waals surface area contributed by atoms with Crippen molar-refractivity contribution >= 4 is 15.9 Å². The highest BCUT2D eigenvalue weighted by molar-refractivity contribution is 7.89. The third-order valence-electron chi connectivity index (χ3n) is 6.40. The van der Waals surface area contributed by atoms with Crippen LogP contribution in [0.3, 0.4) is 0 Å². The van der Waals surface area contributed by atoms with E-state index in [-0.39, 0.29) is 17.6 Å². The van der Waals surface area contributed by atoms with E-state index in [9.17, 15) is 13.2 Å². The highest BCUT2D eigenvalue weighted by Gasteiger charge is 2.41. The topological polar surface area (TPSA) is 66.9 Å². The fraction of sp³-hybridized carbons (Fsp3) is 0.682. The molecule has 29 heavy (non-hydrogen) atoms. The number of carbonyl (C=O) groups is 1. The van der Waals surface area contributed by atoms with Crippen molar-refractivity contribution in [2.45, 2.75) is 39.5 Å². The molecule has 0 unspecified atom stereocenters. The van der Waals surface area contributed by atoms with E-state index < -0.39 is 10.0 Å². The van der Waals surface area contributed by atoms with E-state index in [1.165, 1.54) is 0 Å².